The molecule has 2 saturated heterocycles. The van der Waals surface area contributed by atoms with Crippen molar-refractivity contribution in [2.45, 2.75) is 57.8 Å². The lowest BCUT2D eigenvalue weighted by molar-refractivity contribution is 0.0650. The second-order valence-electron chi connectivity index (χ2n) is 9.81. The van der Waals surface area contributed by atoms with Crippen molar-refractivity contribution >= 4 is 5.91 Å². The lowest BCUT2D eigenvalue weighted by Gasteiger charge is -2.42. The fourth-order valence-corrected chi connectivity index (χ4v) is 6.01. The first-order chi connectivity index (χ1) is 15.1. The van der Waals surface area contributed by atoms with Gasteiger partial charge in [0.25, 0.3) is 5.91 Å². The van der Waals surface area contributed by atoms with Crippen LogP contribution < -0.4 is 0 Å². The van der Waals surface area contributed by atoms with Gasteiger partial charge >= 0.3 is 0 Å². The summed E-state index contributed by atoms with van der Waals surface area (Å²) in [6.45, 7) is 6.65. The van der Waals surface area contributed by atoms with Crippen molar-refractivity contribution in [3.05, 3.63) is 41.9 Å². The molecule has 31 heavy (non-hydrogen) atoms. The summed E-state index contributed by atoms with van der Waals surface area (Å²) in [6.07, 6.45) is 12.5. The van der Waals surface area contributed by atoms with E-state index in [4.69, 9.17) is 4.42 Å². The number of amides is 1. The number of carbonyl (C=O) groups excluding carboxylic acids is 1. The highest BCUT2D eigenvalue weighted by atomic mass is 16.4. The molecule has 7 heteroatoms. The molecule has 2 aromatic rings. The maximum Gasteiger partial charge on any atom is 0.255 e. The zero-order valence-corrected chi connectivity index (χ0v) is 18.5. The minimum Gasteiger partial charge on any atom is -0.425 e. The van der Waals surface area contributed by atoms with E-state index in [9.17, 15) is 4.79 Å². The van der Waals surface area contributed by atoms with Gasteiger partial charge < -0.3 is 14.2 Å². The van der Waals surface area contributed by atoms with Crippen molar-refractivity contribution in [3.63, 3.8) is 0 Å². The van der Waals surface area contributed by atoms with Gasteiger partial charge in [-0.25, -0.2) is 0 Å². The molecular formula is C24H33N5O2. The Balaban J connectivity index is 1.32. The number of piperidine rings is 1. The van der Waals surface area contributed by atoms with Gasteiger partial charge in [-0.15, -0.1) is 10.2 Å². The molecule has 5 rings (SSSR count). The Morgan fingerprint density at radius 1 is 1.19 bits per heavy atom. The van der Waals surface area contributed by atoms with Crippen molar-refractivity contribution in [2.75, 3.05) is 32.7 Å². The first-order valence-corrected chi connectivity index (χ1v) is 11.8. The monoisotopic (exact) mass is 423 g/mol. The highest BCUT2D eigenvalue weighted by molar-refractivity contribution is 5.94. The van der Waals surface area contributed by atoms with Crippen molar-refractivity contribution in [2.24, 2.45) is 11.3 Å². The van der Waals surface area contributed by atoms with E-state index in [1.165, 1.54) is 38.6 Å². The highest BCUT2D eigenvalue weighted by Gasteiger charge is 2.52. The van der Waals surface area contributed by atoms with Crippen LogP contribution >= 0.6 is 0 Å². The van der Waals surface area contributed by atoms with Gasteiger partial charge in [0.15, 0.2) is 0 Å². The van der Waals surface area contributed by atoms with Crippen LogP contribution in [-0.4, -0.2) is 63.6 Å². The molecule has 4 heterocycles. The van der Waals surface area contributed by atoms with Gasteiger partial charge in [-0.1, -0.05) is 19.3 Å². The Morgan fingerprint density at radius 2 is 2.00 bits per heavy atom. The van der Waals surface area contributed by atoms with Crippen molar-refractivity contribution in [1.82, 2.24) is 25.0 Å². The molecule has 166 valence electrons. The molecule has 2 aliphatic heterocycles. The molecule has 0 N–H and O–H groups in total. The number of nitrogens with zero attached hydrogens (tertiary/aromatic N) is 5. The van der Waals surface area contributed by atoms with Crippen LogP contribution in [0.15, 0.2) is 28.9 Å². The summed E-state index contributed by atoms with van der Waals surface area (Å²) >= 11 is 0. The quantitative estimate of drug-likeness (QED) is 0.747. The zero-order valence-electron chi connectivity index (χ0n) is 18.5. The Kier molecular flexibility index (Phi) is 5.78. The lowest BCUT2D eigenvalue weighted by atomic mass is 9.70. The van der Waals surface area contributed by atoms with E-state index < -0.39 is 0 Å². The number of hydrogen-bond acceptors (Lipinski definition) is 6. The molecule has 2 aromatic heterocycles. The van der Waals surface area contributed by atoms with Crippen LogP contribution in [0.3, 0.4) is 0 Å². The van der Waals surface area contributed by atoms with Gasteiger partial charge in [0.1, 0.15) is 0 Å². The number of carbonyl (C=O) groups is 1. The molecule has 0 radical (unpaired) electrons. The van der Waals surface area contributed by atoms with Gasteiger partial charge in [0.05, 0.1) is 11.5 Å². The number of hydrogen-bond donors (Lipinski definition) is 0. The van der Waals surface area contributed by atoms with E-state index in [-0.39, 0.29) is 17.2 Å². The molecule has 3 fully saturated rings. The van der Waals surface area contributed by atoms with Crippen molar-refractivity contribution in [1.29, 1.82) is 0 Å². The Labute approximate surface area is 184 Å². The van der Waals surface area contributed by atoms with Gasteiger partial charge in [0.2, 0.25) is 11.8 Å². The lowest BCUT2D eigenvalue weighted by Crippen LogP contribution is -2.45. The molecule has 0 bridgehead atoms. The molecular weight excluding hydrogens is 390 g/mol. The summed E-state index contributed by atoms with van der Waals surface area (Å²) in [6, 6.07) is 3.67. The van der Waals surface area contributed by atoms with Gasteiger partial charge in [0, 0.05) is 44.4 Å². The highest BCUT2D eigenvalue weighted by Crippen LogP contribution is 2.50. The van der Waals surface area contributed by atoms with E-state index in [0.717, 1.165) is 38.4 Å². The van der Waals surface area contributed by atoms with Crippen LogP contribution in [0.4, 0.5) is 0 Å². The average Bonchev–Trinajstić information content (AvgIpc) is 3.40. The Bertz CT molecular complexity index is 884. The van der Waals surface area contributed by atoms with Gasteiger partial charge in [-0.2, -0.15) is 0 Å². The normalized spacial score (nSPS) is 24.7. The van der Waals surface area contributed by atoms with E-state index >= 15 is 0 Å². The van der Waals surface area contributed by atoms with E-state index in [2.05, 4.69) is 20.1 Å². The molecule has 1 atom stereocenters. The number of pyridine rings is 1. The van der Waals surface area contributed by atoms with Crippen molar-refractivity contribution in [3.8, 4) is 0 Å². The summed E-state index contributed by atoms with van der Waals surface area (Å²) in [7, 11) is 0. The van der Waals surface area contributed by atoms with Gasteiger partial charge in [-0.3, -0.25) is 9.78 Å². The maximum atomic E-state index is 13.2. The summed E-state index contributed by atoms with van der Waals surface area (Å²) < 4.78 is 5.89. The zero-order chi connectivity index (χ0) is 21.3. The predicted molar refractivity (Wildman–Crippen MR) is 117 cm³/mol. The maximum absolute atomic E-state index is 13.2. The third kappa shape index (κ3) is 4.25. The van der Waals surface area contributed by atoms with Crippen LogP contribution in [0.25, 0.3) is 0 Å². The average molecular weight is 424 g/mol. The third-order valence-electron chi connectivity index (χ3n) is 7.78. The fraction of sp³-hybridized carbons (Fsp3) is 0.667. The van der Waals surface area contributed by atoms with Crippen LogP contribution in [0.1, 0.15) is 73.0 Å². The van der Waals surface area contributed by atoms with Crippen LogP contribution in [0.2, 0.25) is 0 Å². The summed E-state index contributed by atoms with van der Waals surface area (Å²) in [5.41, 5.74) is 0.662. The second kappa shape index (κ2) is 8.69. The molecule has 0 aromatic carbocycles. The standard InChI is InChI=1S/C24H33N5O2/c1-18-26-27-22(31-18)21-16-29(23(30)20-8-5-11-25-14-20)17-24(21)9-12-28(13-10-24)15-19-6-3-2-4-7-19/h5,8,11,14,19,21H,2-4,6-7,9-10,12-13,15-17H2,1H3. The summed E-state index contributed by atoms with van der Waals surface area (Å²) in [5, 5.41) is 8.46. The van der Waals surface area contributed by atoms with Crippen LogP contribution in [-0.2, 0) is 0 Å². The molecule has 3 aliphatic rings. The van der Waals surface area contributed by atoms with Crippen LogP contribution in [0, 0.1) is 18.3 Å². The molecule has 7 nitrogen and oxygen atoms in total. The third-order valence-corrected chi connectivity index (χ3v) is 7.78. The fourth-order valence-electron chi connectivity index (χ4n) is 6.01. The summed E-state index contributed by atoms with van der Waals surface area (Å²) in [4.78, 5) is 22.0. The molecule has 1 aliphatic carbocycles. The van der Waals surface area contributed by atoms with Gasteiger partial charge in [-0.05, 0) is 56.8 Å². The first-order valence-electron chi connectivity index (χ1n) is 11.8. The number of likely N-dealkylation sites (tertiary alicyclic amines) is 2. The predicted octanol–water partition coefficient (Wildman–Crippen LogP) is 3.68. The Morgan fingerprint density at radius 3 is 2.68 bits per heavy atom. The molecule has 1 unspecified atom stereocenters. The minimum atomic E-state index is 0.0138. The number of aryl methyl sites for hydroxylation is 1. The molecule has 1 saturated carbocycles. The first kappa shape index (κ1) is 20.6. The van der Waals surface area contributed by atoms with E-state index in [1.54, 1.807) is 12.4 Å². The van der Waals surface area contributed by atoms with E-state index in [0.29, 0.717) is 23.9 Å². The number of rotatable bonds is 4. The molecule has 1 spiro atoms. The molecule has 1 amide bonds. The Hall–Kier alpha value is -2.28. The second-order valence-corrected chi connectivity index (χ2v) is 9.81. The largest absolute Gasteiger partial charge is 0.425 e. The van der Waals surface area contributed by atoms with Crippen molar-refractivity contribution < 1.29 is 9.21 Å². The summed E-state index contributed by atoms with van der Waals surface area (Å²) in [5.74, 6) is 2.31. The smallest absolute Gasteiger partial charge is 0.255 e. The number of aromatic nitrogens is 3. The SMILES string of the molecule is Cc1nnc(C2CN(C(=O)c3cccnc3)CC23CCN(CC2CCCCC2)CC3)o1. The minimum absolute atomic E-state index is 0.0138. The van der Waals surface area contributed by atoms with E-state index in [1.807, 2.05) is 24.0 Å². The topological polar surface area (TPSA) is 75.4 Å². The van der Waals surface area contributed by atoms with Crippen LogP contribution in [0.5, 0.6) is 0 Å².